The van der Waals surface area contributed by atoms with Crippen LogP contribution in [0.25, 0.3) is 10.8 Å². The third kappa shape index (κ3) is 1.62. The monoisotopic (exact) mass is 232 g/mol. The number of aromatic hydroxyl groups is 2. The van der Waals surface area contributed by atoms with Gasteiger partial charge in [0.25, 0.3) is 0 Å². The Labute approximate surface area is 98.0 Å². The summed E-state index contributed by atoms with van der Waals surface area (Å²) in [4.78, 5) is 0. The van der Waals surface area contributed by atoms with Crippen molar-refractivity contribution < 1.29 is 19.7 Å². The van der Waals surface area contributed by atoms with Gasteiger partial charge in [0.15, 0.2) is 17.8 Å². The minimum atomic E-state index is -0.466. The molecule has 2 N–H and O–H groups in total. The van der Waals surface area contributed by atoms with Crippen molar-refractivity contribution in [3.05, 3.63) is 35.9 Å². The number of benzene rings is 2. The topological polar surface area (TPSA) is 58.9 Å². The molecule has 0 saturated carbocycles. The number of phenols is 2. The van der Waals surface area contributed by atoms with Crippen molar-refractivity contribution in [3.8, 4) is 11.5 Å². The average molecular weight is 232 g/mol. The lowest BCUT2D eigenvalue weighted by Gasteiger charge is -2.14. The molecule has 0 amide bonds. The van der Waals surface area contributed by atoms with E-state index in [1.54, 1.807) is 6.07 Å². The van der Waals surface area contributed by atoms with E-state index in [0.29, 0.717) is 18.6 Å². The normalized spacial score (nSPS) is 16.7. The van der Waals surface area contributed by atoms with E-state index < -0.39 is 6.29 Å². The number of rotatable bonds is 1. The highest BCUT2D eigenvalue weighted by atomic mass is 16.7. The van der Waals surface area contributed by atoms with Crippen molar-refractivity contribution in [1.82, 2.24) is 0 Å². The molecule has 2 aromatic carbocycles. The molecule has 1 aliphatic heterocycles. The van der Waals surface area contributed by atoms with Crippen LogP contribution in [0.2, 0.25) is 0 Å². The SMILES string of the molecule is Oc1cc(C2OCCO2)c2ccccc2c1O. The molecule has 1 heterocycles. The summed E-state index contributed by atoms with van der Waals surface area (Å²) < 4.78 is 10.9. The molecular weight excluding hydrogens is 220 g/mol. The van der Waals surface area contributed by atoms with Crippen LogP contribution in [0.3, 0.4) is 0 Å². The highest BCUT2D eigenvalue weighted by Gasteiger charge is 2.22. The fourth-order valence-corrected chi connectivity index (χ4v) is 2.11. The molecule has 4 heteroatoms. The van der Waals surface area contributed by atoms with Crippen LogP contribution in [-0.4, -0.2) is 23.4 Å². The van der Waals surface area contributed by atoms with Crippen molar-refractivity contribution in [1.29, 1.82) is 0 Å². The van der Waals surface area contributed by atoms with Gasteiger partial charge in [-0.15, -0.1) is 0 Å². The average Bonchev–Trinajstić information content (AvgIpc) is 2.87. The predicted octanol–water partition coefficient (Wildman–Crippen LogP) is 2.30. The third-order valence-corrected chi connectivity index (χ3v) is 2.90. The van der Waals surface area contributed by atoms with Gasteiger partial charge in [0.1, 0.15) is 0 Å². The summed E-state index contributed by atoms with van der Waals surface area (Å²) in [6, 6.07) is 8.80. The number of ether oxygens (including phenoxy) is 2. The quantitative estimate of drug-likeness (QED) is 0.741. The Hall–Kier alpha value is -1.78. The summed E-state index contributed by atoms with van der Waals surface area (Å²) in [5.41, 5.74) is 0.744. The lowest BCUT2D eigenvalue weighted by Crippen LogP contribution is -1.99. The Morgan fingerprint density at radius 1 is 1.00 bits per heavy atom. The van der Waals surface area contributed by atoms with E-state index in [1.807, 2.05) is 18.2 Å². The van der Waals surface area contributed by atoms with Gasteiger partial charge in [0, 0.05) is 10.9 Å². The maximum absolute atomic E-state index is 9.79. The van der Waals surface area contributed by atoms with Crippen LogP contribution in [0.4, 0.5) is 0 Å². The van der Waals surface area contributed by atoms with E-state index in [1.165, 1.54) is 6.07 Å². The molecule has 0 aliphatic carbocycles. The Bertz CT molecular complexity index is 559. The Kier molecular flexibility index (Phi) is 2.39. The minimum absolute atomic E-state index is 0.109. The van der Waals surface area contributed by atoms with Crippen LogP contribution in [0.15, 0.2) is 30.3 Å². The number of hydrogen-bond acceptors (Lipinski definition) is 4. The first-order valence-corrected chi connectivity index (χ1v) is 5.44. The first kappa shape index (κ1) is 10.4. The second-order valence-electron chi connectivity index (χ2n) is 3.95. The van der Waals surface area contributed by atoms with Gasteiger partial charge in [0.05, 0.1) is 13.2 Å². The van der Waals surface area contributed by atoms with Crippen LogP contribution in [0.1, 0.15) is 11.9 Å². The minimum Gasteiger partial charge on any atom is -0.504 e. The van der Waals surface area contributed by atoms with Crippen LogP contribution >= 0.6 is 0 Å². The van der Waals surface area contributed by atoms with Crippen LogP contribution in [-0.2, 0) is 9.47 Å². The van der Waals surface area contributed by atoms with Gasteiger partial charge in [-0.2, -0.15) is 0 Å². The summed E-state index contributed by atoms with van der Waals surface area (Å²) in [6.07, 6.45) is -0.466. The van der Waals surface area contributed by atoms with E-state index in [0.717, 1.165) is 10.9 Å². The zero-order chi connectivity index (χ0) is 11.8. The molecule has 0 radical (unpaired) electrons. The van der Waals surface area contributed by atoms with Crippen molar-refractivity contribution in [2.24, 2.45) is 0 Å². The maximum Gasteiger partial charge on any atom is 0.184 e. The molecule has 0 spiro atoms. The lowest BCUT2D eigenvalue weighted by atomic mass is 10.0. The second-order valence-corrected chi connectivity index (χ2v) is 3.95. The Morgan fingerprint density at radius 2 is 1.65 bits per heavy atom. The Morgan fingerprint density at radius 3 is 2.35 bits per heavy atom. The maximum atomic E-state index is 9.79. The lowest BCUT2D eigenvalue weighted by molar-refractivity contribution is -0.0431. The number of hydrogen-bond donors (Lipinski definition) is 2. The van der Waals surface area contributed by atoms with Crippen molar-refractivity contribution in [2.75, 3.05) is 13.2 Å². The van der Waals surface area contributed by atoms with Gasteiger partial charge >= 0.3 is 0 Å². The highest BCUT2D eigenvalue weighted by Crippen LogP contribution is 2.40. The summed E-state index contributed by atoms with van der Waals surface area (Å²) in [5, 5.41) is 20.9. The Balaban J connectivity index is 2.26. The van der Waals surface area contributed by atoms with Crippen molar-refractivity contribution in [3.63, 3.8) is 0 Å². The fourth-order valence-electron chi connectivity index (χ4n) is 2.11. The molecule has 17 heavy (non-hydrogen) atoms. The van der Waals surface area contributed by atoms with E-state index in [9.17, 15) is 10.2 Å². The summed E-state index contributed by atoms with van der Waals surface area (Å²) >= 11 is 0. The van der Waals surface area contributed by atoms with Crippen LogP contribution < -0.4 is 0 Å². The second kappa shape index (κ2) is 3.91. The molecule has 0 bridgehead atoms. The summed E-state index contributed by atoms with van der Waals surface area (Å²) in [5.74, 6) is -0.264. The molecule has 0 unspecified atom stereocenters. The van der Waals surface area contributed by atoms with Crippen LogP contribution in [0, 0.1) is 0 Å². The zero-order valence-corrected chi connectivity index (χ0v) is 9.09. The molecular formula is C13H12O4. The highest BCUT2D eigenvalue weighted by molar-refractivity contribution is 5.93. The van der Waals surface area contributed by atoms with Gasteiger partial charge in [-0.05, 0) is 11.5 Å². The third-order valence-electron chi connectivity index (χ3n) is 2.90. The van der Waals surface area contributed by atoms with Gasteiger partial charge in [0.2, 0.25) is 0 Å². The largest absolute Gasteiger partial charge is 0.504 e. The van der Waals surface area contributed by atoms with Crippen molar-refractivity contribution in [2.45, 2.75) is 6.29 Å². The zero-order valence-electron chi connectivity index (χ0n) is 9.09. The van der Waals surface area contributed by atoms with Crippen LogP contribution in [0.5, 0.6) is 11.5 Å². The van der Waals surface area contributed by atoms with E-state index in [2.05, 4.69) is 0 Å². The van der Waals surface area contributed by atoms with Gasteiger partial charge < -0.3 is 19.7 Å². The molecule has 0 atom stereocenters. The summed E-state index contributed by atoms with van der Waals surface area (Å²) in [6.45, 7) is 1.08. The first-order valence-electron chi connectivity index (χ1n) is 5.44. The first-order chi connectivity index (χ1) is 8.27. The predicted molar refractivity (Wildman–Crippen MR) is 61.9 cm³/mol. The molecule has 1 aliphatic rings. The molecule has 3 rings (SSSR count). The number of phenolic OH excluding ortho intramolecular Hbond substituents is 2. The summed E-state index contributed by atoms with van der Waals surface area (Å²) in [7, 11) is 0. The standard InChI is InChI=1S/C13H12O4/c14-11-7-10(13-16-5-6-17-13)8-3-1-2-4-9(8)12(11)15/h1-4,7,13-15H,5-6H2. The smallest absolute Gasteiger partial charge is 0.184 e. The van der Waals surface area contributed by atoms with Crippen molar-refractivity contribution >= 4 is 10.8 Å². The fraction of sp³-hybridized carbons (Fsp3) is 0.231. The van der Waals surface area contributed by atoms with E-state index in [-0.39, 0.29) is 11.5 Å². The molecule has 1 saturated heterocycles. The van der Waals surface area contributed by atoms with Gasteiger partial charge in [-0.3, -0.25) is 0 Å². The van der Waals surface area contributed by atoms with E-state index in [4.69, 9.17) is 9.47 Å². The van der Waals surface area contributed by atoms with Gasteiger partial charge in [-0.25, -0.2) is 0 Å². The van der Waals surface area contributed by atoms with Gasteiger partial charge in [-0.1, -0.05) is 24.3 Å². The number of fused-ring (bicyclic) bond motifs is 1. The molecule has 88 valence electrons. The van der Waals surface area contributed by atoms with E-state index >= 15 is 0 Å². The molecule has 1 fully saturated rings. The molecule has 2 aromatic rings. The molecule has 0 aromatic heterocycles. The molecule has 4 nitrogen and oxygen atoms in total.